The van der Waals surface area contributed by atoms with Gasteiger partial charge in [-0.15, -0.1) is 0 Å². The van der Waals surface area contributed by atoms with Crippen LogP contribution < -0.4 is 15.2 Å². The number of rotatable bonds is 4. The predicted octanol–water partition coefficient (Wildman–Crippen LogP) is 1.37. The minimum absolute atomic E-state index is 0.0327. The number of carboxylic acids is 1. The molecular formula is C12H13N3O4. The molecule has 2 aromatic rings. The summed E-state index contributed by atoms with van der Waals surface area (Å²) in [5.74, 6) is -0.0586. The molecule has 0 aliphatic rings. The van der Waals surface area contributed by atoms with Crippen LogP contribution in [0.3, 0.4) is 0 Å². The zero-order valence-electron chi connectivity index (χ0n) is 10.4. The number of anilines is 1. The van der Waals surface area contributed by atoms with Gasteiger partial charge in [-0.1, -0.05) is 0 Å². The minimum Gasteiger partial charge on any atom is -0.497 e. The standard InChI is InChI=1S/C12H13N3O4/c1-18-6-3-4-7(8(5-6)19-2)9-10(11(16)17)15-12(13)14-9/h3-5H,1-2H3,(H,16,17)(H3,13,14,15). The van der Waals surface area contributed by atoms with Crippen molar-refractivity contribution in [3.63, 3.8) is 0 Å². The molecule has 0 saturated carbocycles. The van der Waals surface area contributed by atoms with E-state index < -0.39 is 5.97 Å². The smallest absolute Gasteiger partial charge is 0.354 e. The Kier molecular flexibility index (Phi) is 3.28. The molecule has 2 rings (SSSR count). The van der Waals surface area contributed by atoms with Crippen LogP contribution in [0.1, 0.15) is 10.5 Å². The summed E-state index contributed by atoms with van der Waals surface area (Å²) in [7, 11) is 3.01. The molecule has 0 spiro atoms. The van der Waals surface area contributed by atoms with E-state index >= 15 is 0 Å². The number of H-pyrrole nitrogens is 1. The van der Waals surface area contributed by atoms with Crippen molar-refractivity contribution in [2.75, 3.05) is 20.0 Å². The first-order valence-corrected chi connectivity index (χ1v) is 5.38. The van der Waals surface area contributed by atoms with Gasteiger partial charge in [0.1, 0.15) is 17.2 Å². The number of methoxy groups -OCH3 is 2. The number of aromatic nitrogens is 2. The Bertz CT molecular complexity index is 621. The summed E-state index contributed by atoms with van der Waals surface area (Å²) in [6.07, 6.45) is 0. The quantitative estimate of drug-likeness (QED) is 0.768. The van der Waals surface area contributed by atoms with Crippen LogP contribution in [0.5, 0.6) is 11.5 Å². The van der Waals surface area contributed by atoms with Crippen LogP contribution in [0.15, 0.2) is 18.2 Å². The van der Waals surface area contributed by atoms with Gasteiger partial charge in [-0.3, -0.25) is 0 Å². The van der Waals surface area contributed by atoms with E-state index in [0.29, 0.717) is 17.1 Å². The molecule has 0 bridgehead atoms. The molecule has 0 saturated heterocycles. The van der Waals surface area contributed by atoms with Crippen molar-refractivity contribution in [3.05, 3.63) is 23.9 Å². The first-order chi connectivity index (χ1) is 9.06. The number of nitrogen functional groups attached to an aromatic ring is 1. The number of carboxylic acid groups (broad SMARTS) is 1. The molecule has 0 atom stereocenters. The van der Waals surface area contributed by atoms with Gasteiger partial charge in [0.15, 0.2) is 11.6 Å². The molecule has 7 nitrogen and oxygen atoms in total. The van der Waals surface area contributed by atoms with Crippen molar-refractivity contribution < 1.29 is 19.4 Å². The topological polar surface area (TPSA) is 110 Å². The van der Waals surface area contributed by atoms with Crippen LogP contribution in [-0.2, 0) is 0 Å². The van der Waals surface area contributed by atoms with Gasteiger partial charge in [-0.05, 0) is 12.1 Å². The van der Waals surface area contributed by atoms with Gasteiger partial charge in [0.2, 0.25) is 0 Å². The van der Waals surface area contributed by atoms with Gasteiger partial charge >= 0.3 is 5.97 Å². The fourth-order valence-electron chi connectivity index (χ4n) is 1.74. The molecule has 1 aromatic carbocycles. The van der Waals surface area contributed by atoms with Gasteiger partial charge in [0.05, 0.1) is 14.2 Å². The Morgan fingerprint density at radius 2 is 2.11 bits per heavy atom. The number of nitrogens with one attached hydrogen (secondary N) is 1. The molecule has 1 heterocycles. The highest BCUT2D eigenvalue weighted by molar-refractivity contribution is 5.94. The number of hydrogen-bond donors (Lipinski definition) is 3. The van der Waals surface area contributed by atoms with Gasteiger partial charge in [0, 0.05) is 11.6 Å². The van der Waals surface area contributed by atoms with Crippen molar-refractivity contribution in [1.29, 1.82) is 0 Å². The molecule has 0 aliphatic heterocycles. The normalized spacial score (nSPS) is 10.2. The lowest BCUT2D eigenvalue weighted by Gasteiger charge is -2.09. The molecule has 0 unspecified atom stereocenters. The monoisotopic (exact) mass is 263 g/mol. The highest BCUT2D eigenvalue weighted by atomic mass is 16.5. The molecule has 7 heteroatoms. The molecule has 0 fully saturated rings. The summed E-state index contributed by atoms with van der Waals surface area (Å²) in [5, 5.41) is 9.11. The first kappa shape index (κ1) is 12.7. The van der Waals surface area contributed by atoms with Crippen molar-refractivity contribution >= 4 is 11.9 Å². The van der Waals surface area contributed by atoms with E-state index in [-0.39, 0.29) is 17.3 Å². The third kappa shape index (κ3) is 2.30. The highest BCUT2D eigenvalue weighted by Gasteiger charge is 2.20. The summed E-state index contributed by atoms with van der Waals surface area (Å²) < 4.78 is 10.3. The van der Waals surface area contributed by atoms with E-state index in [1.807, 2.05) is 0 Å². The van der Waals surface area contributed by atoms with Crippen molar-refractivity contribution in [3.8, 4) is 22.8 Å². The zero-order chi connectivity index (χ0) is 14.0. The Labute approximate surface area is 109 Å². The number of aromatic amines is 1. The van der Waals surface area contributed by atoms with Crippen LogP contribution in [0.25, 0.3) is 11.3 Å². The Morgan fingerprint density at radius 3 is 2.68 bits per heavy atom. The van der Waals surface area contributed by atoms with Gasteiger partial charge < -0.3 is 25.3 Å². The van der Waals surface area contributed by atoms with Crippen LogP contribution in [0.4, 0.5) is 5.95 Å². The first-order valence-electron chi connectivity index (χ1n) is 5.38. The lowest BCUT2D eigenvalue weighted by Crippen LogP contribution is -2.00. The largest absolute Gasteiger partial charge is 0.497 e. The lowest BCUT2D eigenvalue weighted by atomic mass is 10.1. The molecule has 4 N–H and O–H groups in total. The van der Waals surface area contributed by atoms with E-state index in [1.165, 1.54) is 14.2 Å². The number of nitrogens with two attached hydrogens (primary N) is 1. The molecule has 0 radical (unpaired) electrons. The Hall–Kier alpha value is -2.70. The van der Waals surface area contributed by atoms with E-state index in [0.717, 1.165) is 0 Å². The second kappa shape index (κ2) is 4.89. The van der Waals surface area contributed by atoms with E-state index in [4.69, 9.17) is 20.3 Å². The van der Waals surface area contributed by atoms with E-state index in [1.54, 1.807) is 18.2 Å². The molecule has 1 aromatic heterocycles. The fourth-order valence-corrected chi connectivity index (χ4v) is 1.74. The number of aromatic carboxylic acids is 1. The molecule has 0 amide bonds. The van der Waals surface area contributed by atoms with Crippen molar-refractivity contribution in [2.45, 2.75) is 0 Å². The van der Waals surface area contributed by atoms with Gasteiger partial charge in [0.25, 0.3) is 0 Å². The van der Waals surface area contributed by atoms with E-state index in [2.05, 4.69) is 9.97 Å². The number of carbonyl (C=O) groups is 1. The lowest BCUT2D eigenvalue weighted by molar-refractivity contribution is 0.0692. The maximum atomic E-state index is 11.1. The zero-order valence-corrected chi connectivity index (χ0v) is 10.4. The van der Waals surface area contributed by atoms with Crippen molar-refractivity contribution in [2.24, 2.45) is 0 Å². The van der Waals surface area contributed by atoms with Crippen LogP contribution in [-0.4, -0.2) is 35.3 Å². The summed E-state index contributed by atoms with van der Waals surface area (Å²) in [5.41, 5.74) is 6.17. The average molecular weight is 263 g/mol. The van der Waals surface area contributed by atoms with E-state index in [9.17, 15) is 4.79 Å². The highest BCUT2D eigenvalue weighted by Crippen LogP contribution is 2.34. The maximum Gasteiger partial charge on any atom is 0.354 e. The third-order valence-corrected chi connectivity index (χ3v) is 2.60. The SMILES string of the molecule is COc1ccc(-c2nc(N)[nH]c2C(=O)O)c(OC)c1. The second-order valence-electron chi connectivity index (χ2n) is 3.72. The number of imidazole rings is 1. The average Bonchev–Trinajstić information content (AvgIpc) is 2.80. The fraction of sp³-hybridized carbons (Fsp3) is 0.167. The molecule has 100 valence electrons. The Balaban J connectivity index is 2.61. The maximum absolute atomic E-state index is 11.1. The summed E-state index contributed by atoms with van der Waals surface area (Å²) in [6, 6.07) is 5.00. The third-order valence-electron chi connectivity index (χ3n) is 2.60. The summed E-state index contributed by atoms with van der Waals surface area (Å²) in [6.45, 7) is 0. The number of benzene rings is 1. The van der Waals surface area contributed by atoms with Crippen LogP contribution in [0.2, 0.25) is 0 Å². The molecule has 19 heavy (non-hydrogen) atoms. The molecular weight excluding hydrogens is 250 g/mol. The number of nitrogens with zero attached hydrogens (tertiary/aromatic N) is 1. The number of hydrogen-bond acceptors (Lipinski definition) is 5. The second-order valence-corrected chi connectivity index (χ2v) is 3.72. The van der Waals surface area contributed by atoms with Crippen molar-refractivity contribution in [1.82, 2.24) is 9.97 Å². The van der Waals surface area contributed by atoms with Crippen LogP contribution in [0, 0.1) is 0 Å². The molecule has 0 aliphatic carbocycles. The minimum atomic E-state index is -1.14. The van der Waals surface area contributed by atoms with Gasteiger partial charge in [-0.2, -0.15) is 0 Å². The summed E-state index contributed by atoms with van der Waals surface area (Å²) in [4.78, 5) is 17.6. The van der Waals surface area contributed by atoms with Gasteiger partial charge in [-0.25, -0.2) is 9.78 Å². The van der Waals surface area contributed by atoms with Crippen LogP contribution >= 0.6 is 0 Å². The predicted molar refractivity (Wildman–Crippen MR) is 68.5 cm³/mol. The Morgan fingerprint density at radius 1 is 1.37 bits per heavy atom. The summed E-state index contributed by atoms with van der Waals surface area (Å²) >= 11 is 0. The number of ether oxygens (including phenoxy) is 2.